The van der Waals surface area contributed by atoms with Crippen LogP contribution in [0.5, 0.6) is 0 Å². The van der Waals surface area contributed by atoms with Crippen LogP contribution in [0.4, 0.5) is 0 Å². The molecule has 0 radical (unpaired) electrons. The number of rotatable bonds is 11. The number of nitrogens with two attached hydrogens (primary N) is 1. The van der Waals surface area contributed by atoms with E-state index in [2.05, 4.69) is 64.5 Å². The Balaban J connectivity index is 0.000000347. The van der Waals surface area contributed by atoms with E-state index in [9.17, 15) is 9.59 Å². The van der Waals surface area contributed by atoms with Crippen molar-refractivity contribution in [3.05, 3.63) is 107 Å². The highest BCUT2D eigenvalue weighted by molar-refractivity contribution is 5.81. The average molecular weight is 519 g/mol. The van der Waals surface area contributed by atoms with Crippen molar-refractivity contribution >= 4 is 12.3 Å². The fraction of sp³-hybridized carbons (Fsp3) is 0.355. The summed E-state index contributed by atoms with van der Waals surface area (Å²) in [5.74, 6) is -0.0458. The second-order valence-electron chi connectivity index (χ2n) is 8.99. The number of hydrogen-bond acceptors (Lipinski definition) is 5. The summed E-state index contributed by atoms with van der Waals surface area (Å²) >= 11 is 0. The first-order chi connectivity index (χ1) is 18.7. The number of benzene rings is 3. The summed E-state index contributed by atoms with van der Waals surface area (Å²) in [6, 6.07) is 28.4. The van der Waals surface area contributed by atoms with Gasteiger partial charge in [-0.1, -0.05) is 84.9 Å². The number of unbranched alkanes of at least 4 members (excludes halogenated alkanes) is 1. The molecule has 4 rings (SSSR count). The van der Waals surface area contributed by atoms with E-state index in [0.717, 1.165) is 44.2 Å². The molecule has 204 valence electrons. The third-order valence-electron chi connectivity index (χ3n) is 6.40. The number of fused-ring (bicyclic) bond motifs is 1. The van der Waals surface area contributed by atoms with Gasteiger partial charge in [-0.25, -0.2) is 0 Å². The smallest absolute Gasteiger partial charge is 0.236 e. The van der Waals surface area contributed by atoms with Crippen molar-refractivity contribution < 1.29 is 14.7 Å². The van der Waals surface area contributed by atoms with Gasteiger partial charge >= 0.3 is 0 Å². The zero-order valence-electron chi connectivity index (χ0n) is 22.3. The molecule has 0 spiro atoms. The highest BCUT2D eigenvalue weighted by Crippen LogP contribution is 2.23. The van der Waals surface area contributed by atoms with E-state index in [0.29, 0.717) is 25.9 Å². The molecule has 0 saturated carbocycles. The lowest BCUT2D eigenvalue weighted by Crippen LogP contribution is -2.42. The molecule has 7 heteroatoms. The van der Waals surface area contributed by atoms with Crippen LogP contribution in [0.15, 0.2) is 84.9 Å². The maximum Gasteiger partial charge on any atom is 0.236 e. The first-order valence-corrected chi connectivity index (χ1v) is 13.2. The molecular formula is C31H42N4O3. The van der Waals surface area contributed by atoms with Gasteiger partial charge in [0, 0.05) is 32.7 Å². The highest BCUT2D eigenvalue weighted by atomic mass is 16.2. The summed E-state index contributed by atoms with van der Waals surface area (Å²) in [6.07, 6.45) is 4.09. The van der Waals surface area contributed by atoms with E-state index in [1.54, 1.807) is 0 Å². The molecule has 1 aliphatic rings. The van der Waals surface area contributed by atoms with Crippen molar-refractivity contribution in [3.8, 4) is 0 Å². The van der Waals surface area contributed by atoms with Crippen LogP contribution < -0.4 is 21.7 Å². The first kappa shape index (κ1) is 30.7. The van der Waals surface area contributed by atoms with Crippen LogP contribution in [0.25, 0.3) is 0 Å². The van der Waals surface area contributed by atoms with Gasteiger partial charge in [0.25, 0.3) is 0 Å². The minimum Gasteiger partial charge on any atom is -0.400 e. The maximum absolute atomic E-state index is 12.3. The van der Waals surface area contributed by atoms with Crippen molar-refractivity contribution in [2.75, 3.05) is 26.7 Å². The quantitative estimate of drug-likeness (QED) is 0.198. The summed E-state index contributed by atoms with van der Waals surface area (Å²) in [5, 5.41) is 15.9. The molecule has 3 aromatic carbocycles. The molecule has 1 unspecified atom stereocenters. The minimum absolute atomic E-state index is 0.0883. The Kier molecular flexibility index (Phi) is 15.1. The molecule has 0 fully saturated rings. The van der Waals surface area contributed by atoms with Crippen LogP contribution in [-0.4, -0.2) is 50.2 Å². The van der Waals surface area contributed by atoms with Crippen LogP contribution in [0, 0.1) is 0 Å². The molecule has 1 aliphatic heterocycles. The third-order valence-corrected chi connectivity index (χ3v) is 6.40. The van der Waals surface area contributed by atoms with Gasteiger partial charge in [0.1, 0.15) is 0 Å². The van der Waals surface area contributed by atoms with Crippen LogP contribution in [0.2, 0.25) is 0 Å². The van der Waals surface area contributed by atoms with Crippen molar-refractivity contribution in [1.82, 2.24) is 16.0 Å². The van der Waals surface area contributed by atoms with Crippen molar-refractivity contribution in [2.45, 2.75) is 44.2 Å². The number of carbonyl (C=O) groups excluding carboxylic acids is 2. The topological polar surface area (TPSA) is 116 Å². The predicted octanol–water partition coefficient (Wildman–Crippen LogP) is 3.12. The molecule has 3 aromatic rings. The van der Waals surface area contributed by atoms with Gasteiger partial charge < -0.3 is 26.8 Å². The standard InChI is InChI=1S/C21H27N3O2.C9H11N.CH4O/c22-20(13-7-8-14-23-16-25)21(26)24-15-19(17-9-3-1-4-10-17)18-11-5-2-6-12-18;1-2-4-9-7-10-6-5-8(9)3-1;1-2/h1-6,9-12,16,19-20H,7-8,13-15,22H2,(H,23,25)(H,24,26);1-4,10H,5-7H2;2H,1H3. The molecule has 0 aromatic heterocycles. The number of hydrogen-bond donors (Lipinski definition) is 5. The van der Waals surface area contributed by atoms with Gasteiger partial charge in [0.15, 0.2) is 0 Å². The van der Waals surface area contributed by atoms with Gasteiger partial charge in [0.2, 0.25) is 12.3 Å². The molecule has 0 aliphatic carbocycles. The molecule has 0 bridgehead atoms. The third kappa shape index (κ3) is 10.8. The van der Waals surface area contributed by atoms with E-state index in [-0.39, 0.29) is 11.8 Å². The number of amides is 2. The van der Waals surface area contributed by atoms with E-state index < -0.39 is 6.04 Å². The largest absolute Gasteiger partial charge is 0.400 e. The predicted molar refractivity (Wildman–Crippen MR) is 154 cm³/mol. The molecule has 1 heterocycles. The van der Waals surface area contributed by atoms with Gasteiger partial charge in [-0.05, 0) is 54.5 Å². The lowest BCUT2D eigenvalue weighted by Gasteiger charge is -2.20. The second-order valence-corrected chi connectivity index (χ2v) is 8.99. The lowest BCUT2D eigenvalue weighted by molar-refractivity contribution is -0.122. The average Bonchev–Trinajstić information content (AvgIpc) is 2.99. The van der Waals surface area contributed by atoms with Crippen LogP contribution in [-0.2, 0) is 22.6 Å². The highest BCUT2D eigenvalue weighted by Gasteiger charge is 2.18. The summed E-state index contributed by atoms with van der Waals surface area (Å²) in [6.45, 7) is 3.31. The number of nitrogens with one attached hydrogen (secondary N) is 3. The maximum atomic E-state index is 12.3. The number of aliphatic hydroxyl groups is 1. The van der Waals surface area contributed by atoms with Crippen molar-refractivity contribution in [2.24, 2.45) is 5.73 Å². The Hall–Kier alpha value is -3.52. The molecule has 6 N–H and O–H groups in total. The molecule has 38 heavy (non-hydrogen) atoms. The van der Waals surface area contributed by atoms with Crippen molar-refractivity contribution in [3.63, 3.8) is 0 Å². The Bertz CT molecular complexity index is 983. The summed E-state index contributed by atoms with van der Waals surface area (Å²) in [4.78, 5) is 22.5. The normalized spacial score (nSPS) is 12.5. The Labute approximate surface area is 226 Å². The van der Waals surface area contributed by atoms with Gasteiger partial charge in [-0.15, -0.1) is 0 Å². The van der Waals surface area contributed by atoms with E-state index in [1.807, 2.05) is 36.4 Å². The fourth-order valence-electron chi connectivity index (χ4n) is 4.33. The lowest BCUT2D eigenvalue weighted by atomic mass is 9.91. The van der Waals surface area contributed by atoms with Gasteiger partial charge in [-0.3, -0.25) is 9.59 Å². The second kappa shape index (κ2) is 18.7. The van der Waals surface area contributed by atoms with Crippen molar-refractivity contribution in [1.29, 1.82) is 0 Å². The minimum atomic E-state index is -0.529. The zero-order chi connectivity index (χ0) is 27.4. The Morgan fingerprint density at radius 2 is 1.50 bits per heavy atom. The summed E-state index contributed by atoms with van der Waals surface area (Å²) < 4.78 is 0. The zero-order valence-corrected chi connectivity index (χ0v) is 22.3. The Morgan fingerprint density at radius 3 is 2.08 bits per heavy atom. The van der Waals surface area contributed by atoms with Gasteiger partial charge in [-0.2, -0.15) is 0 Å². The van der Waals surface area contributed by atoms with Crippen LogP contribution >= 0.6 is 0 Å². The fourth-order valence-corrected chi connectivity index (χ4v) is 4.33. The van der Waals surface area contributed by atoms with E-state index in [4.69, 9.17) is 10.8 Å². The molecule has 0 saturated heterocycles. The summed E-state index contributed by atoms with van der Waals surface area (Å²) in [7, 11) is 1.00. The molecule has 2 amide bonds. The van der Waals surface area contributed by atoms with Crippen LogP contribution in [0.3, 0.4) is 0 Å². The van der Waals surface area contributed by atoms with E-state index in [1.165, 1.54) is 17.5 Å². The monoisotopic (exact) mass is 518 g/mol. The summed E-state index contributed by atoms with van der Waals surface area (Å²) in [5.41, 5.74) is 11.3. The molecular weight excluding hydrogens is 476 g/mol. The van der Waals surface area contributed by atoms with E-state index >= 15 is 0 Å². The number of carbonyl (C=O) groups is 2. The number of aliphatic hydroxyl groups excluding tert-OH is 1. The van der Waals surface area contributed by atoms with Gasteiger partial charge in [0.05, 0.1) is 6.04 Å². The molecule has 7 nitrogen and oxygen atoms in total. The Morgan fingerprint density at radius 1 is 0.921 bits per heavy atom. The first-order valence-electron chi connectivity index (χ1n) is 13.2. The van der Waals surface area contributed by atoms with Crippen LogP contribution in [0.1, 0.15) is 47.4 Å². The SMILES string of the molecule is CO.NC(CCCCNC=O)C(=O)NCC(c1ccccc1)c1ccccc1.c1ccc2c(c1)CCNC2. The molecule has 1 atom stereocenters.